The zero-order valence-corrected chi connectivity index (χ0v) is 14.3. The number of anilines is 1. The lowest BCUT2D eigenvalue weighted by Gasteiger charge is -2.31. The maximum atomic E-state index is 12.3. The maximum absolute atomic E-state index is 12.3. The Morgan fingerprint density at radius 2 is 2.21 bits per heavy atom. The quantitative estimate of drug-likeness (QED) is 0.883. The average molecular weight is 328 g/mol. The number of carbonyl (C=O) groups is 1. The predicted octanol–water partition coefficient (Wildman–Crippen LogP) is 2.22. The molecule has 0 bridgehead atoms. The van der Waals surface area contributed by atoms with Gasteiger partial charge in [0.2, 0.25) is 5.91 Å². The highest BCUT2D eigenvalue weighted by molar-refractivity contribution is 5.79. The number of carbonyl (C=O) groups excluding carboxylic acids is 1. The van der Waals surface area contributed by atoms with Crippen molar-refractivity contribution in [1.82, 2.24) is 14.9 Å². The number of nitrogens with one attached hydrogen (secondary N) is 1. The Morgan fingerprint density at radius 1 is 1.38 bits per heavy atom. The van der Waals surface area contributed by atoms with E-state index >= 15 is 0 Å². The van der Waals surface area contributed by atoms with E-state index in [1.165, 1.54) is 0 Å². The lowest BCUT2D eigenvalue weighted by molar-refractivity contribution is -0.130. The van der Waals surface area contributed by atoms with Crippen molar-refractivity contribution in [1.29, 1.82) is 0 Å². The van der Waals surface area contributed by atoms with Gasteiger partial charge >= 0.3 is 0 Å². The fraction of sp³-hybridized carbons (Fsp3) is 0.444. The van der Waals surface area contributed by atoms with E-state index in [0.29, 0.717) is 13.0 Å². The first-order valence-electron chi connectivity index (χ1n) is 8.47. The van der Waals surface area contributed by atoms with Crippen molar-refractivity contribution in [3.8, 4) is 5.75 Å². The molecule has 0 fully saturated rings. The summed E-state index contributed by atoms with van der Waals surface area (Å²) in [6.45, 7) is 7.71. The third kappa shape index (κ3) is 3.53. The van der Waals surface area contributed by atoms with Gasteiger partial charge in [-0.05, 0) is 31.5 Å². The number of likely N-dealkylation sites (N-methyl/N-ethyl adjacent to an activating group) is 1. The van der Waals surface area contributed by atoms with Gasteiger partial charge in [0.25, 0.3) is 0 Å². The van der Waals surface area contributed by atoms with E-state index in [4.69, 9.17) is 4.74 Å². The van der Waals surface area contributed by atoms with E-state index in [-0.39, 0.29) is 5.91 Å². The zero-order chi connectivity index (χ0) is 16.9. The molecule has 1 aliphatic rings. The number of hydrogen-bond acceptors (Lipinski definition) is 4. The van der Waals surface area contributed by atoms with Crippen molar-refractivity contribution >= 4 is 11.6 Å². The smallest absolute Gasteiger partial charge is 0.226 e. The molecule has 2 aromatic rings. The summed E-state index contributed by atoms with van der Waals surface area (Å²) in [5.41, 5.74) is 3.05. The van der Waals surface area contributed by atoms with Gasteiger partial charge in [-0.25, -0.2) is 4.98 Å². The molecule has 24 heavy (non-hydrogen) atoms. The number of hydrogen-bond donors (Lipinski definition) is 1. The van der Waals surface area contributed by atoms with Crippen LogP contribution in [0, 0.1) is 0 Å². The summed E-state index contributed by atoms with van der Waals surface area (Å²) >= 11 is 0. The molecule has 6 heteroatoms. The van der Waals surface area contributed by atoms with Gasteiger partial charge in [0, 0.05) is 19.3 Å². The van der Waals surface area contributed by atoms with E-state index in [2.05, 4.69) is 20.9 Å². The minimum atomic E-state index is 0.163. The molecule has 1 aromatic carbocycles. The van der Waals surface area contributed by atoms with E-state index in [0.717, 1.165) is 48.9 Å². The highest BCUT2D eigenvalue weighted by Crippen LogP contribution is 2.33. The van der Waals surface area contributed by atoms with E-state index in [1.54, 1.807) is 6.33 Å². The van der Waals surface area contributed by atoms with Gasteiger partial charge in [0.05, 0.1) is 37.2 Å². The third-order valence-corrected chi connectivity index (χ3v) is 4.36. The molecule has 1 N–H and O–H groups in total. The Hall–Kier alpha value is -2.50. The van der Waals surface area contributed by atoms with Gasteiger partial charge in [-0.1, -0.05) is 6.07 Å². The number of H-pyrrole nitrogens is 1. The molecule has 2 heterocycles. The van der Waals surface area contributed by atoms with Crippen molar-refractivity contribution < 1.29 is 9.53 Å². The number of amides is 1. The monoisotopic (exact) mass is 328 g/mol. The fourth-order valence-electron chi connectivity index (χ4n) is 3.03. The molecule has 0 spiro atoms. The van der Waals surface area contributed by atoms with E-state index in [1.807, 2.05) is 37.1 Å². The number of benzene rings is 1. The van der Waals surface area contributed by atoms with Gasteiger partial charge in [-0.2, -0.15) is 0 Å². The summed E-state index contributed by atoms with van der Waals surface area (Å²) in [5.74, 6) is 1.03. The molecule has 3 rings (SSSR count). The van der Waals surface area contributed by atoms with Crippen molar-refractivity contribution in [3.05, 3.63) is 42.0 Å². The molecule has 0 aliphatic carbocycles. The Balaban J connectivity index is 1.78. The van der Waals surface area contributed by atoms with Crippen molar-refractivity contribution in [2.24, 2.45) is 0 Å². The first-order valence-corrected chi connectivity index (χ1v) is 8.47. The molecule has 6 nitrogen and oxygen atoms in total. The SMILES string of the molecule is CCN(CC)C(=O)Cc1ccc2c(c1)N(Cc1c[nH]cn1)CCO2. The third-order valence-electron chi connectivity index (χ3n) is 4.36. The normalized spacial score (nSPS) is 13.3. The molecular formula is C18H24N4O2. The predicted molar refractivity (Wildman–Crippen MR) is 93.2 cm³/mol. The van der Waals surface area contributed by atoms with Gasteiger partial charge in [0.1, 0.15) is 12.4 Å². The Kier molecular flexibility index (Phi) is 5.03. The number of nitrogens with zero attached hydrogens (tertiary/aromatic N) is 3. The van der Waals surface area contributed by atoms with Crippen LogP contribution in [-0.2, 0) is 17.8 Å². The molecule has 1 aromatic heterocycles. The highest BCUT2D eigenvalue weighted by atomic mass is 16.5. The van der Waals surface area contributed by atoms with Gasteiger partial charge < -0.3 is 19.5 Å². The second-order valence-electron chi connectivity index (χ2n) is 5.88. The molecule has 0 saturated heterocycles. The highest BCUT2D eigenvalue weighted by Gasteiger charge is 2.20. The summed E-state index contributed by atoms with van der Waals surface area (Å²) in [7, 11) is 0. The summed E-state index contributed by atoms with van der Waals surface area (Å²) in [4.78, 5) is 23.7. The minimum absolute atomic E-state index is 0.163. The summed E-state index contributed by atoms with van der Waals surface area (Å²) in [5, 5.41) is 0. The van der Waals surface area contributed by atoms with Gasteiger partial charge in [-0.15, -0.1) is 0 Å². The van der Waals surface area contributed by atoms with Crippen LogP contribution in [0.4, 0.5) is 5.69 Å². The topological polar surface area (TPSA) is 61.5 Å². The van der Waals surface area contributed by atoms with Crippen LogP contribution in [0.5, 0.6) is 5.75 Å². The van der Waals surface area contributed by atoms with Crippen LogP contribution < -0.4 is 9.64 Å². The number of fused-ring (bicyclic) bond motifs is 1. The second kappa shape index (κ2) is 7.38. The number of aromatic nitrogens is 2. The lowest BCUT2D eigenvalue weighted by atomic mass is 10.1. The molecular weight excluding hydrogens is 304 g/mol. The van der Waals surface area contributed by atoms with Crippen LogP contribution in [0.1, 0.15) is 25.1 Å². The Morgan fingerprint density at radius 3 is 2.92 bits per heavy atom. The van der Waals surface area contributed by atoms with Crippen LogP contribution in [0.3, 0.4) is 0 Å². The number of ether oxygens (including phenoxy) is 1. The molecule has 0 radical (unpaired) electrons. The number of imidazole rings is 1. The summed E-state index contributed by atoms with van der Waals surface area (Å²) in [6, 6.07) is 6.03. The van der Waals surface area contributed by atoms with Crippen molar-refractivity contribution in [2.45, 2.75) is 26.8 Å². The average Bonchev–Trinajstić information content (AvgIpc) is 3.09. The minimum Gasteiger partial charge on any atom is -0.490 e. The molecule has 0 atom stereocenters. The molecule has 0 unspecified atom stereocenters. The van der Waals surface area contributed by atoms with Crippen LogP contribution in [0.15, 0.2) is 30.7 Å². The molecule has 128 valence electrons. The summed E-state index contributed by atoms with van der Waals surface area (Å²) < 4.78 is 5.76. The molecule has 0 saturated carbocycles. The van der Waals surface area contributed by atoms with Crippen LogP contribution in [0.25, 0.3) is 0 Å². The second-order valence-corrected chi connectivity index (χ2v) is 5.88. The zero-order valence-electron chi connectivity index (χ0n) is 14.3. The van der Waals surface area contributed by atoms with Crippen molar-refractivity contribution in [3.63, 3.8) is 0 Å². The first kappa shape index (κ1) is 16.4. The lowest BCUT2D eigenvalue weighted by Crippen LogP contribution is -2.33. The van der Waals surface area contributed by atoms with Crippen molar-refractivity contribution in [2.75, 3.05) is 31.1 Å². The molecule has 1 amide bonds. The summed E-state index contributed by atoms with van der Waals surface area (Å²) in [6.07, 6.45) is 4.02. The maximum Gasteiger partial charge on any atom is 0.226 e. The largest absolute Gasteiger partial charge is 0.490 e. The number of rotatable bonds is 6. The van der Waals surface area contributed by atoms with Crippen LogP contribution in [0.2, 0.25) is 0 Å². The number of aromatic amines is 1. The van der Waals surface area contributed by atoms with Gasteiger partial charge in [-0.3, -0.25) is 4.79 Å². The van der Waals surface area contributed by atoms with Crippen LogP contribution >= 0.6 is 0 Å². The first-order chi connectivity index (χ1) is 11.7. The van der Waals surface area contributed by atoms with E-state index < -0.39 is 0 Å². The fourth-order valence-corrected chi connectivity index (χ4v) is 3.03. The molecule has 1 aliphatic heterocycles. The Labute approximate surface area is 142 Å². The standard InChI is InChI=1S/C18H24N4O2/c1-3-21(4-2)18(23)10-14-5-6-17-16(9-14)22(7-8-24-17)12-15-11-19-13-20-15/h5-6,9,11,13H,3-4,7-8,10,12H2,1-2H3,(H,19,20). The van der Waals surface area contributed by atoms with E-state index in [9.17, 15) is 4.79 Å². The van der Waals surface area contributed by atoms with Crippen LogP contribution in [-0.4, -0.2) is 47.0 Å². The van der Waals surface area contributed by atoms with Gasteiger partial charge in [0.15, 0.2) is 0 Å². The Bertz CT molecular complexity index is 680.